The molecule has 1 aromatic rings. The number of thioether (sulfide) groups is 1. The second kappa shape index (κ2) is 8.06. The zero-order valence-corrected chi connectivity index (χ0v) is 15.8. The lowest BCUT2D eigenvalue weighted by molar-refractivity contribution is -0.441. The van der Waals surface area contributed by atoms with Crippen LogP contribution in [0.25, 0.3) is 0 Å². The maximum Gasteiger partial charge on any atom is 0.460 e. The summed E-state index contributed by atoms with van der Waals surface area (Å²) in [4.78, 5) is 10.9. The van der Waals surface area contributed by atoms with E-state index in [1.807, 2.05) is 0 Å². The van der Waals surface area contributed by atoms with Crippen LogP contribution in [0.4, 0.5) is 57.1 Å². The molecule has 0 aromatic carbocycles. The van der Waals surface area contributed by atoms with Gasteiger partial charge in [-0.05, 0) is 22.4 Å². The number of rotatable bonds is 8. The number of carbonyl (C=O) groups excluding carboxylic acids is 1. The third-order valence-electron chi connectivity index (χ3n) is 3.79. The first-order valence-electron chi connectivity index (χ1n) is 7.27. The summed E-state index contributed by atoms with van der Waals surface area (Å²) in [5, 5.41) is 0.713. The van der Waals surface area contributed by atoms with Gasteiger partial charge in [-0.15, -0.1) is 0 Å². The SMILES string of the molecule is CC(=O)SCC(c1ccsc1)C(F)(F)C(F)(F)C(F)(F)C(F)(F)C(F)(F)C(F)(F)F. The molecule has 1 nitrogen and oxygen atoms in total. The molecular weight excluding hydrogens is 495 g/mol. The molecule has 1 rings (SSSR count). The van der Waals surface area contributed by atoms with Crippen LogP contribution in [0, 0.1) is 0 Å². The Morgan fingerprint density at radius 2 is 1.33 bits per heavy atom. The molecule has 1 heterocycles. The number of carbonyl (C=O) groups is 1. The van der Waals surface area contributed by atoms with Crippen LogP contribution in [0.15, 0.2) is 16.8 Å². The molecule has 0 saturated heterocycles. The van der Waals surface area contributed by atoms with E-state index in [1.165, 1.54) is 0 Å². The van der Waals surface area contributed by atoms with Crippen molar-refractivity contribution < 1.29 is 61.9 Å². The molecule has 0 bridgehead atoms. The van der Waals surface area contributed by atoms with Crippen LogP contribution >= 0.6 is 23.1 Å². The fourth-order valence-corrected chi connectivity index (χ4v) is 3.60. The normalized spacial score (nSPS) is 15.9. The summed E-state index contributed by atoms with van der Waals surface area (Å²) in [6, 6.07) is 0.681. The maximum atomic E-state index is 14.4. The standard InChI is InChI=1S/C14H9F13OS2/c1-6(28)30-5-8(7-2-3-29-4-7)9(15,16)10(17,18)11(19,20)12(21,22)13(23,24)14(25,26)27/h2-4,8H,5H2,1H3. The lowest BCUT2D eigenvalue weighted by atomic mass is 9.85. The lowest BCUT2D eigenvalue weighted by Crippen LogP contribution is -2.70. The molecule has 0 aliphatic heterocycles. The summed E-state index contributed by atoms with van der Waals surface area (Å²) in [7, 11) is 0. The van der Waals surface area contributed by atoms with Crippen molar-refractivity contribution in [1.82, 2.24) is 0 Å². The van der Waals surface area contributed by atoms with E-state index in [1.54, 1.807) is 0 Å². The molecule has 1 unspecified atom stereocenters. The van der Waals surface area contributed by atoms with Crippen molar-refractivity contribution in [3.63, 3.8) is 0 Å². The summed E-state index contributed by atoms with van der Waals surface area (Å²) < 4.78 is 173. The average Bonchev–Trinajstić information content (AvgIpc) is 3.06. The largest absolute Gasteiger partial charge is 0.460 e. The van der Waals surface area contributed by atoms with Crippen molar-refractivity contribution in [2.45, 2.75) is 48.6 Å². The number of halogens is 13. The van der Waals surface area contributed by atoms with Gasteiger partial charge in [0.05, 0.1) is 5.92 Å². The van der Waals surface area contributed by atoms with Crippen LogP contribution in [0.5, 0.6) is 0 Å². The topological polar surface area (TPSA) is 17.1 Å². The van der Waals surface area contributed by atoms with E-state index in [2.05, 4.69) is 0 Å². The maximum absolute atomic E-state index is 14.4. The zero-order valence-electron chi connectivity index (χ0n) is 14.2. The van der Waals surface area contributed by atoms with Gasteiger partial charge in [0.25, 0.3) is 0 Å². The predicted octanol–water partition coefficient (Wildman–Crippen LogP) is 6.85. The number of hydrogen-bond donors (Lipinski definition) is 0. The molecule has 0 aliphatic rings. The molecule has 0 fully saturated rings. The molecule has 1 aromatic heterocycles. The van der Waals surface area contributed by atoms with Crippen LogP contribution in [-0.2, 0) is 4.79 Å². The van der Waals surface area contributed by atoms with Gasteiger partial charge in [-0.2, -0.15) is 68.4 Å². The van der Waals surface area contributed by atoms with E-state index in [0.29, 0.717) is 22.8 Å². The number of alkyl halides is 13. The zero-order chi connectivity index (χ0) is 24.0. The molecule has 0 amide bonds. The average molecular weight is 504 g/mol. The van der Waals surface area contributed by atoms with Crippen LogP contribution in [0.3, 0.4) is 0 Å². The Morgan fingerprint density at radius 3 is 1.70 bits per heavy atom. The fraction of sp³-hybridized carbons (Fsp3) is 0.643. The van der Waals surface area contributed by atoms with E-state index >= 15 is 0 Å². The molecular formula is C14H9F13OS2. The van der Waals surface area contributed by atoms with Gasteiger partial charge in [0.1, 0.15) is 0 Å². The minimum Gasteiger partial charge on any atom is -0.288 e. The summed E-state index contributed by atoms with van der Waals surface area (Å²) in [5.41, 5.74) is -0.847. The third kappa shape index (κ3) is 4.12. The second-order valence-corrected chi connectivity index (χ2v) is 7.81. The van der Waals surface area contributed by atoms with Crippen LogP contribution in [0.2, 0.25) is 0 Å². The van der Waals surface area contributed by atoms with Gasteiger partial charge in [-0.25, -0.2) is 0 Å². The second-order valence-electron chi connectivity index (χ2n) is 5.83. The molecule has 174 valence electrons. The van der Waals surface area contributed by atoms with Gasteiger partial charge in [-0.1, -0.05) is 11.8 Å². The summed E-state index contributed by atoms with van der Waals surface area (Å²) in [5.74, 6) is -41.7. The van der Waals surface area contributed by atoms with Gasteiger partial charge < -0.3 is 0 Å². The summed E-state index contributed by atoms with van der Waals surface area (Å²) >= 11 is 0.473. The van der Waals surface area contributed by atoms with E-state index in [0.717, 1.165) is 12.3 Å². The molecule has 0 aliphatic carbocycles. The van der Waals surface area contributed by atoms with E-state index in [9.17, 15) is 61.9 Å². The van der Waals surface area contributed by atoms with E-state index < -0.39 is 58.1 Å². The van der Waals surface area contributed by atoms with Gasteiger partial charge in [0.2, 0.25) is 0 Å². The predicted molar refractivity (Wildman–Crippen MR) is 81.0 cm³/mol. The van der Waals surface area contributed by atoms with Crippen LogP contribution in [-0.4, -0.2) is 46.7 Å². The minimum atomic E-state index is -7.95. The van der Waals surface area contributed by atoms with E-state index in [-0.39, 0.29) is 11.8 Å². The number of thiophene rings is 1. The molecule has 30 heavy (non-hydrogen) atoms. The minimum absolute atomic E-state index is 0.0996. The highest BCUT2D eigenvalue weighted by Crippen LogP contribution is 2.62. The monoisotopic (exact) mass is 504 g/mol. The quantitative estimate of drug-likeness (QED) is 0.361. The summed E-state index contributed by atoms with van der Waals surface area (Å²) in [6.07, 6.45) is -7.46. The smallest absolute Gasteiger partial charge is 0.288 e. The Balaban J connectivity index is 3.57. The Hall–Kier alpha value is -1.19. The van der Waals surface area contributed by atoms with Crippen LogP contribution in [0.1, 0.15) is 18.4 Å². The van der Waals surface area contributed by atoms with Crippen LogP contribution < -0.4 is 0 Å². The van der Waals surface area contributed by atoms with Gasteiger partial charge in [0.15, 0.2) is 5.12 Å². The lowest BCUT2D eigenvalue weighted by Gasteiger charge is -2.41. The molecule has 16 heteroatoms. The van der Waals surface area contributed by atoms with Crippen molar-refractivity contribution in [2.75, 3.05) is 5.75 Å². The number of hydrogen-bond acceptors (Lipinski definition) is 3. The molecule has 0 radical (unpaired) electrons. The first-order chi connectivity index (χ1) is 13.2. The highest BCUT2D eigenvalue weighted by molar-refractivity contribution is 8.13. The molecule has 0 saturated carbocycles. The van der Waals surface area contributed by atoms with Gasteiger partial charge in [0, 0.05) is 12.7 Å². The Bertz CT molecular complexity index is 740. The van der Waals surface area contributed by atoms with Gasteiger partial charge >= 0.3 is 35.8 Å². The van der Waals surface area contributed by atoms with Crippen molar-refractivity contribution in [2.24, 2.45) is 0 Å². The highest BCUT2D eigenvalue weighted by Gasteiger charge is 2.91. The molecule has 0 N–H and O–H groups in total. The van der Waals surface area contributed by atoms with Gasteiger partial charge in [-0.3, -0.25) is 4.79 Å². The first kappa shape index (κ1) is 26.8. The molecule has 1 atom stereocenters. The molecule has 0 spiro atoms. The third-order valence-corrected chi connectivity index (χ3v) is 5.40. The van der Waals surface area contributed by atoms with Crippen molar-refractivity contribution >= 4 is 28.2 Å². The highest BCUT2D eigenvalue weighted by atomic mass is 32.2. The van der Waals surface area contributed by atoms with Crippen molar-refractivity contribution in [1.29, 1.82) is 0 Å². The summed E-state index contributed by atoms with van der Waals surface area (Å²) in [6.45, 7) is 0.762. The fourth-order valence-electron chi connectivity index (χ4n) is 2.08. The Morgan fingerprint density at radius 1 is 0.867 bits per heavy atom. The van der Waals surface area contributed by atoms with Crippen molar-refractivity contribution in [3.05, 3.63) is 22.4 Å². The Kier molecular flexibility index (Phi) is 7.21. The Labute approximate surface area is 167 Å². The first-order valence-corrected chi connectivity index (χ1v) is 9.20. The van der Waals surface area contributed by atoms with E-state index in [4.69, 9.17) is 0 Å². The van der Waals surface area contributed by atoms with Crippen molar-refractivity contribution in [3.8, 4) is 0 Å².